The molecule has 0 saturated heterocycles. The number of aromatic nitrogens is 2. The smallest absolute Gasteiger partial charge is 0.256 e. The van der Waals surface area contributed by atoms with Crippen molar-refractivity contribution in [3.05, 3.63) is 23.8 Å². The Morgan fingerprint density at radius 2 is 1.79 bits per heavy atom. The summed E-state index contributed by atoms with van der Waals surface area (Å²) in [6.45, 7) is 7.05. The lowest BCUT2D eigenvalue weighted by atomic mass is 10.2. The minimum absolute atomic E-state index is 0.311. The standard InChI is InChI=1S/C11H16F3N3OS/c1-7(17-19(18)10(2,3)4)8-5-16-9(6-15-8)11(12,13)14/h5-7,17H,1-4H3/t7-,19-/m0/s1. The molecule has 0 aliphatic rings. The Morgan fingerprint density at radius 3 is 2.16 bits per heavy atom. The average molecular weight is 295 g/mol. The van der Waals surface area contributed by atoms with Crippen molar-refractivity contribution in [2.24, 2.45) is 0 Å². The van der Waals surface area contributed by atoms with Gasteiger partial charge in [-0.1, -0.05) is 0 Å². The van der Waals surface area contributed by atoms with Gasteiger partial charge >= 0.3 is 6.18 Å². The molecule has 0 aromatic carbocycles. The van der Waals surface area contributed by atoms with E-state index in [1.165, 1.54) is 0 Å². The van der Waals surface area contributed by atoms with Gasteiger partial charge in [-0.05, 0) is 27.7 Å². The van der Waals surface area contributed by atoms with Gasteiger partial charge in [0.05, 0.1) is 39.9 Å². The Morgan fingerprint density at radius 1 is 1.21 bits per heavy atom. The van der Waals surface area contributed by atoms with E-state index in [2.05, 4.69) is 14.7 Å². The molecule has 0 bridgehead atoms. The normalized spacial score (nSPS) is 16.2. The molecule has 0 aliphatic heterocycles. The minimum atomic E-state index is -4.50. The van der Waals surface area contributed by atoms with Crippen molar-refractivity contribution in [1.29, 1.82) is 0 Å². The molecule has 8 heteroatoms. The van der Waals surface area contributed by atoms with Crippen molar-refractivity contribution in [3.63, 3.8) is 0 Å². The van der Waals surface area contributed by atoms with Crippen molar-refractivity contribution < 1.29 is 17.4 Å². The minimum Gasteiger partial charge on any atom is -0.256 e. The number of hydrogen-bond donors (Lipinski definition) is 1. The van der Waals surface area contributed by atoms with E-state index >= 15 is 0 Å². The van der Waals surface area contributed by atoms with Crippen LogP contribution in [-0.4, -0.2) is 18.9 Å². The first-order valence-electron chi connectivity index (χ1n) is 5.59. The molecule has 108 valence electrons. The van der Waals surface area contributed by atoms with Crippen LogP contribution in [0.4, 0.5) is 13.2 Å². The maximum atomic E-state index is 12.3. The molecule has 0 aliphatic carbocycles. The zero-order valence-corrected chi connectivity index (χ0v) is 11.9. The fourth-order valence-corrected chi connectivity index (χ4v) is 1.90. The zero-order chi connectivity index (χ0) is 14.8. The number of nitrogens with one attached hydrogen (secondary N) is 1. The van der Waals surface area contributed by atoms with Gasteiger partial charge in [0.25, 0.3) is 0 Å². The second kappa shape index (κ2) is 5.54. The second-order valence-electron chi connectivity index (χ2n) is 5.04. The van der Waals surface area contributed by atoms with Crippen molar-refractivity contribution in [3.8, 4) is 0 Å². The molecule has 2 atom stereocenters. The average Bonchev–Trinajstić information content (AvgIpc) is 2.26. The Kier molecular flexibility index (Phi) is 4.67. The van der Waals surface area contributed by atoms with Crippen LogP contribution in [0, 0.1) is 0 Å². The Labute approximate surface area is 112 Å². The molecule has 0 unspecified atom stereocenters. The molecule has 1 aromatic rings. The zero-order valence-electron chi connectivity index (χ0n) is 11.1. The topological polar surface area (TPSA) is 54.9 Å². The monoisotopic (exact) mass is 295 g/mol. The van der Waals surface area contributed by atoms with Gasteiger partial charge < -0.3 is 0 Å². The summed E-state index contributed by atoms with van der Waals surface area (Å²) in [5.74, 6) is 0. The summed E-state index contributed by atoms with van der Waals surface area (Å²) in [6.07, 6.45) is -2.79. The highest BCUT2D eigenvalue weighted by Crippen LogP contribution is 2.27. The lowest BCUT2D eigenvalue weighted by molar-refractivity contribution is -0.141. The highest BCUT2D eigenvalue weighted by Gasteiger charge is 2.33. The molecular formula is C11H16F3N3OS. The van der Waals surface area contributed by atoms with E-state index in [9.17, 15) is 17.4 Å². The fourth-order valence-electron chi connectivity index (χ4n) is 1.11. The molecule has 0 fully saturated rings. The number of rotatable bonds is 3. The molecule has 1 rings (SSSR count). The van der Waals surface area contributed by atoms with Crippen molar-refractivity contribution in [2.45, 2.75) is 44.7 Å². The molecule has 4 nitrogen and oxygen atoms in total. The van der Waals surface area contributed by atoms with Gasteiger partial charge in [0.15, 0.2) is 5.69 Å². The summed E-state index contributed by atoms with van der Waals surface area (Å²) < 4.78 is 51.1. The Bertz CT molecular complexity index is 454. The van der Waals surface area contributed by atoms with Crippen LogP contribution in [0.25, 0.3) is 0 Å². The first-order valence-corrected chi connectivity index (χ1v) is 6.74. The van der Waals surface area contributed by atoms with Gasteiger partial charge in [-0.2, -0.15) is 13.2 Å². The highest BCUT2D eigenvalue weighted by atomic mass is 32.2. The van der Waals surface area contributed by atoms with Crippen molar-refractivity contribution >= 4 is 11.0 Å². The predicted octanol–water partition coefficient (Wildman–Crippen LogP) is 2.61. The van der Waals surface area contributed by atoms with Crippen LogP contribution in [-0.2, 0) is 17.2 Å². The third-order valence-electron chi connectivity index (χ3n) is 2.25. The van der Waals surface area contributed by atoms with Crippen molar-refractivity contribution in [1.82, 2.24) is 14.7 Å². The van der Waals surface area contributed by atoms with Crippen LogP contribution in [0.2, 0.25) is 0 Å². The number of halogens is 3. The SMILES string of the molecule is C[C@H](N[S@@](=O)C(C)(C)C)c1cnc(C(F)(F)F)cn1. The number of alkyl halides is 3. The molecule has 0 spiro atoms. The second-order valence-corrected chi connectivity index (χ2v) is 7.04. The molecule has 1 N–H and O–H groups in total. The van der Waals surface area contributed by atoms with E-state index in [-0.39, 0.29) is 0 Å². The summed E-state index contributed by atoms with van der Waals surface area (Å²) >= 11 is 0. The van der Waals surface area contributed by atoms with Crippen molar-refractivity contribution in [2.75, 3.05) is 0 Å². The lowest BCUT2D eigenvalue weighted by Gasteiger charge is -2.21. The van der Waals surface area contributed by atoms with E-state index in [0.29, 0.717) is 11.9 Å². The summed E-state index contributed by atoms with van der Waals surface area (Å²) in [7, 11) is -1.33. The van der Waals surface area contributed by atoms with Gasteiger partial charge in [-0.3, -0.25) is 4.98 Å². The highest BCUT2D eigenvalue weighted by molar-refractivity contribution is 7.84. The molecule has 1 heterocycles. The van der Waals surface area contributed by atoms with E-state index in [1.54, 1.807) is 27.7 Å². The van der Waals surface area contributed by atoms with Gasteiger partial charge in [0.1, 0.15) is 0 Å². The van der Waals surface area contributed by atoms with Crippen LogP contribution >= 0.6 is 0 Å². The largest absolute Gasteiger partial charge is 0.434 e. The molecule has 1 aromatic heterocycles. The predicted molar refractivity (Wildman–Crippen MR) is 66.5 cm³/mol. The van der Waals surface area contributed by atoms with E-state index in [4.69, 9.17) is 0 Å². The maximum Gasteiger partial charge on any atom is 0.434 e. The van der Waals surface area contributed by atoms with E-state index in [0.717, 1.165) is 6.20 Å². The molecule has 19 heavy (non-hydrogen) atoms. The number of nitrogens with zero attached hydrogens (tertiary/aromatic N) is 2. The van der Waals surface area contributed by atoms with Gasteiger partial charge in [0.2, 0.25) is 0 Å². The first kappa shape index (κ1) is 16.0. The van der Waals surface area contributed by atoms with Crippen LogP contribution < -0.4 is 4.72 Å². The maximum absolute atomic E-state index is 12.3. The Hall–Kier alpha value is -1.02. The van der Waals surface area contributed by atoms with Crippen LogP contribution in [0.15, 0.2) is 12.4 Å². The van der Waals surface area contributed by atoms with E-state index in [1.807, 2.05) is 0 Å². The van der Waals surface area contributed by atoms with Crippen LogP contribution in [0.3, 0.4) is 0 Å². The van der Waals surface area contributed by atoms with Crippen LogP contribution in [0.5, 0.6) is 0 Å². The van der Waals surface area contributed by atoms with Gasteiger partial charge in [-0.15, -0.1) is 0 Å². The number of hydrogen-bond acceptors (Lipinski definition) is 3. The molecular weight excluding hydrogens is 279 g/mol. The summed E-state index contributed by atoms with van der Waals surface area (Å²) in [5, 5.41) is 0. The molecule has 0 radical (unpaired) electrons. The molecule has 0 saturated carbocycles. The summed E-state index contributed by atoms with van der Waals surface area (Å²) in [6, 6.07) is -0.449. The third kappa shape index (κ3) is 4.54. The fraction of sp³-hybridized carbons (Fsp3) is 0.636. The molecule has 0 amide bonds. The van der Waals surface area contributed by atoms with E-state index < -0.39 is 33.6 Å². The van der Waals surface area contributed by atoms with Crippen LogP contribution in [0.1, 0.15) is 45.1 Å². The van der Waals surface area contributed by atoms with Gasteiger partial charge in [-0.25, -0.2) is 13.9 Å². The lowest BCUT2D eigenvalue weighted by Crippen LogP contribution is -2.35. The summed E-state index contributed by atoms with van der Waals surface area (Å²) in [5.41, 5.74) is -0.731. The quantitative estimate of drug-likeness (QED) is 0.932. The first-order chi connectivity index (χ1) is 8.51. The third-order valence-corrected chi connectivity index (χ3v) is 3.93. The Balaban J connectivity index is 2.79. The van der Waals surface area contributed by atoms with Gasteiger partial charge in [0, 0.05) is 0 Å². The summed E-state index contributed by atoms with van der Waals surface area (Å²) in [4.78, 5) is 7.01.